The lowest BCUT2D eigenvalue weighted by Gasteiger charge is -2.33. The summed E-state index contributed by atoms with van der Waals surface area (Å²) < 4.78 is 5.98. The molecule has 0 atom stereocenters. The second-order valence-electron chi connectivity index (χ2n) is 6.40. The van der Waals surface area contributed by atoms with Gasteiger partial charge in [-0.25, -0.2) is 0 Å². The Morgan fingerprint density at radius 3 is 2.64 bits per heavy atom. The minimum atomic E-state index is 0.748. The molecular weight excluding hydrogens is 328 g/mol. The van der Waals surface area contributed by atoms with Gasteiger partial charge in [0.25, 0.3) is 0 Å². The number of fused-ring (bicyclic) bond motifs is 2. The molecule has 0 saturated carbocycles. The van der Waals surface area contributed by atoms with Gasteiger partial charge < -0.3 is 15.4 Å². The van der Waals surface area contributed by atoms with Crippen molar-refractivity contribution >= 4 is 23.1 Å². The zero-order valence-corrected chi connectivity index (χ0v) is 15.9. The van der Waals surface area contributed by atoms with Crippen LogP contribution in [-0.2, 0) is 0 Å². The molecule has 0 radical (unpaired) electrons. The number of hydrogen-bond donors (Lipinski definition) is 1. The van der Waals surface area contributed by atoms with E-state index in [1.54, 1.807) is 0 Å². The van der Waals surface area contributed by atoms with Crippen LogP contribution < -0.4 is 15.4 Å². The Morgan fingerprint density at radius 1 is 0.960 bits per heavy atom. The summed E-state index contributed by atoms with van der Waals surface area (Å²) in [5.74, 6) is 0.971. The van der Waals surface area contributed by atoms with Gasteiger partial charge in [0.1, 0.15) is 5.75 Å². The fourth-order valence-corrected chi connectivity index (χ4v) is 4.17. The number of nitrogens with two attached hydrogens (primary N) is 1. The molecule has 2 N–H and O–H groups in total. The van der Waals surface area contributed by atoms with E-state index in [0.29, 0.717) is 0 Å². The molecule has 0 aliphatic carbocycles. The fraction of sp³-hybridized carbons (Fsp3) is 0.429. The summed E-state index contributed by atoms with van der Waals surface area (Å²) in [6, 6.07) is 15.1. The van der Waals surface area contributed by atoms with Gasteiger partial charge >= 0.3 is 0 Å². The van der Waals surface area contributed by atoms with Crippen molar-refractivity contribution in [2.24, 2.45) is 5.73 Å². The first-order valence-corrected chi connectivity index (χ1v) is 10.2. The quantitative estimate of drug-likeness (QED) is 0.594. The smallest absolute Gasteiger partial charge is 0.121 e. The molecule has 0 amide bonds. The van der Waals surface area contributed by atoms with Crippen molar-refractivity contribution in [1.82, 2.24) is 0 Å². The van der Waals surface area contributed by atoms with Crippen molar-refractivity contribution in [2.45, 2.75) is 48.8 Å². The average Bonchev–Trinajstić information content (AvgIpc) is 2.65. The van der Waals surface area contributed by atoms with Gasteiger partial charge in [0, 0.05) is 22.4 Å². The highest BCUT2D eigenvalue weighted by molar-refractivity contribution is 7.99. The van der Waals surface area contributed by atoms with Crippen LogP contribution in [0.5, 0.6) is 5.75 Å². The maximum atomic E-state index is 5.98. The van der Waals surface area contributed by atoms with Gasteiger partial charge in [-0.05, 0) is 50.1 Å². The van der Waals surface area contributed by atoms with E-state index in [1.807, 2.05) is 11.8 Å². The molecule has 134 valence electrons. The Hall–Kier alpha value is -1.65. The lowest BCUT2D eigenvalue weighted by atomic mass is 10.2. The first-order valence-electron chi connectivity index (χ1n) is 9.35. The van der Waals surface area contributed by atoms with Crippen LogP contribution in [0.15, 0.2) is 52.3 Å². The molecule has 0 aromatic heterocycles. The van der Waals surface area contributed by atoms with Crippen molar-refractivity contribution in [3.05, 3.63) is 42.5 Å². The van der Waals surface area contributed by atoms with Crippen LogP contribution >= 0.6 is 11.8 Å². The molecule has 3 rings (SSSR count). The van der Waals surface area contributed by atoms with E-state index in [9.17, 15) is 0 Å². The van der Waals surface area contributed by atoms with Crippen LogP contribution in [0.1, 0.15) is 39.0 Å². The zero-order valence-electron chi connectivity index (χ0n) is 15.0. The fourth-order valence-electron chi connectivity index (χ4n) is 3.10. The SMILES string of the molecule is CCCCCOc1ccc2c(c1)N(CCCCN)c1ccccc1S2. The molecule has 0 fully saturated rings. The normalized spacial score (nSPS) is 12.6. The summed E-state index contributed by atoms with van der Waals surface area (Å²) in [5, 5.41) is 0. The second kappa shape index (κ2) is 9.16. The highest BCUT2D eigenvalue weighted by Crippen LogP contribution is 2.49. The Labute approximate surface area is 155 Å². The number of benzene rings is 2. The molecule has 0 spiro atoms. The minimum Gasteiger partial charge on any atom is -0.494 e. The van der Waals surface area contributed by atoms with E-state index in [4.69, 9.17) is 10.5 Å². The summed E-state index contributed by atoms with van der Waals surface area (Å²) >= 11 is 1.84. The molecular formula is C21H28N2OS. The molecule has 25 heavy (non-hydrogen) atoms. The monoisotopic (exact) mass is 356 g/mol. The molecule has 0 saturated heterocycles. The van der Waals surface area contributed by atoms with Crippen molar-refractivity contribution in [1.29, 1.82) is 0 Å². The van der Waals surface area contributed by atoms with E-state index < -0.39 is 0 Å². The standard InChI is InChI=1S/C21H28N2OS/c1-2-3-8-15-24-17-11-12-21-19(16-17)23(14-7-6-13-22)18-9-4-5-10-20(18)25-21/h4-5,9-12,16H,2-3,6-8,13-15,22H2,1H3. The van der Waals surface area contributed by atoms with E-state index in [1.165, 1.54) is 34.0 Å². The second-order valence-corrected chi connectivity index (χ2v) is 7.49. The zero-order chi connectivity index (χ0) is 17.5. The largest absolute Gasteiger partial charge is 0.494 e. The first kappa shape index (κ1) is 18.2. The Morgan fingerprint density at radius 2 is 1.80 bits per heavy atom. The van der Waals surface area contributed by atoms with Crippen LogP contribution in [0.2, 0.25) is 0 Å². The number of hydrogen-bond acceptors (Lipinski definition) is 4. The molecule has 0 unspecified atom stereocenters. The van der Waals surface area contributed by atoms with Gasteiger partial charge in [0.15, 0.2) is 0 Å². The van der Waals surface area contributed by atoms with Gasteiger partial charge in [-0.2, -0.15) is 0 Å². The lowest BCUT2D eigenvalue weighted by Crippen LogP contribution is -2.22. The third-order valence-electron chi connectivity index (χ3n) is 4.45. The number of ether oxygens (including phenoxy) is 1. The van der Waals surface area contributed by atoms with Crippen molar-refractivity contribution < 1.29 is 4.74 Å². The van der Waals surface area contributed by atoms with Crippen LogP contribution in [0.25, 0.3) is 0 Å². The third kappa shape index (κ3) is 4.50. The molecule has 3 nitrogen and oxygen atoms in total. The van der Waals surface area contributed by atoms with E-state index in [0.717, 1.165) is 44.7 Å². The maximum absolute atomic E-state index is 5.98. The van der Waals surface area contributed by atoms with Gasteiger partial charge in [-0.1, -0.05) is 43.7 Å². The van der Waals surface area contributed by atoms with Gasteiger partial charge in [-0.15, -0.1) is 0 Å². The highest BCUT2D eigenvalue weighted by atomic mass is 32.2. The third-order valence-corrected chi connectivity index (χ3v) is 5.58. The lowest BCUT2D eigenvalue weighted by molar-refractivity contribution is 0.306. The number of unbranched alkanes of at least 4 members (excludes halogenated alkanes) is 3. The van der Waals surface area contributed by atoms with Crippen molar-refractivity contribution in [2.75, 3.05) is 24.6 Å². The molecule has 1 aliphatic rings. The highest BCUT2D eigenvalue weighted by Gasteiger charge is 2.23. The topological polar surface area (TPSA) is 38.5 Å². The number of para-hydroxylation sites is 1. The Bertz CT molecular complexity index is 689. The molecule has 4 heteroatoms. The molecule has 2 aromatic carbocycles. The van der Waals surface area contributed by atoms with E-state index >= 15 is 0 Å². The Kier molecular flexibility index (Phi) is 6.65. The number of nitrogens with zero attached hydrogens (tertiary/aromatic N) is 1. The first-order chi connectivity index (χ1) is 12.3. The van der Waals surface area contributed by atoms with E-state index in [-0.39, 0.29) is 0 Å². The number of anilines is 2. The van der Waals surface area contributed by atoms with Crippen molar-refractivity contribution in [3.8, 4) is 5.75 Å². The van der Waals surface area contributed by atoms with Crippen molar-refractivity contribution in [3.63, 3.8) is 0 Å². The number of rotatable bonds is 9. The molecule has 2 aromatic rings. The predicted molar refractivity (Wildman–Crippen MR) is 107 cm³/mol. The molecule has 1 heterocycles. The Balaban J connectivity index is 1.81. The predicted octanol–water partition coefficient (Wildman–Crippen LogP) is 5.60. The minimum absolute atomic E-state index is 0.748. The van der Waals surface area contributed by atoms with Crippen LogP contribution in [-0.4, -0.2) is 19.7 Å². The summed E-state index contributed by atoms with van der Waals surface area (Å²) in [6.45, 7) is 4.75. The molecule has 0 bridgehead atoms. The van der Waals surface area contributed by atoms with Crippen LogP contribution in [0.4, 0.5) is 11.4 Å². The van der Waals surface area contributed by atoms with E-state index in [2.05, 4.69) is 54.3 Å². The van der Waals surface area contributed by atoms with Gasteiger partial charge in [0.05, 0.1) is 18.0 Å². The van der Waals surface area contributed by atoms with Gasteiger partial charge in [-0.3, -0.25) is 0 Å². The maximum Gasteiger partial charge on any atom is 0.121 e. The summed E-state index contributed by atoms with van der Waals surface area (Å²) in [6.07, 6.45) is 5.70. The van der Waals surface area contributed by atoms with Crippen LogP contribution in [0, 0.1) is 0 Å². The van der Waals surface area contributed by atoms with Gasteiger partial charge in [0.2, 0.25) is 0 Å². The molecule has 1 aliphatic heterocycles. The average molecular weight is 357 g/mol. The summed E-state index contributed by atoms with van der Waals surface area (Å²) in [4.78, 5) is 5.04. The summed E-state index contributed by atoms with van der Waals surface area (Å²) in [7, 11) is 0. The summed E-state index contributed by atoms with van der Waals surface area (Å²) in [5.41, 5.74) is 8.24. The van der Waals surface area contributed by atoms with Crippen LogP contribution in [0.3, 0.4) is 0 Å².